The quantitative estimate of drug-likeness (QED) is 0.645. The van der Waals surface area contributed by atoms with Crippen molar-refractivity contribution in [2.75, 3.05) is 0 Å². The van der Waals surface area contributed by atoms with E-state index in [2.05, 4.69) is 0 Å². The summed E-state index contributed by atoms with van der Waals surface area (Å²) in [4.78, 5) is 0.210. The van der Waals surface area contributed by atoms with Crippen LogP contribution in [0.3, 0.4) is 0 Å². The SMILES string of the molecule is N#CC(=Cc1cccs1)S(=O)(=O)c1ccc(F)cc1. The summed E-state index contributed by atoms with van der Waals surface area (Å²) in [5, 5.41) is 10.8. The van der Waals surface area contributed by atoms with E-state index in [1.165, 1.54) is 17.4 Å². The first-order chi connectivity index (χ1) is 9.04. The van der Waals surface area contributed by atoms with Crippen LogP contribution in [0.1, 0.15) is 4.88 Å². The van der Waals surface area contributed by atoms with Crippen molar-refractivity contribution in [2.45, 2.75) is 4.90 Å². The molecule has 0 saturated heterocycles. The highest BCUT2D eigenvalue weighted by Crippen LogP contribution is 2.22. The van der Waals surface area contributed by atoms with Gasteiger partial charge in [0.05, 0.1) is 4.90 Å². The molecule has 0 aliphatic carbocycles. The van der Waals surface area contributed by atoms with E-state index in [0.29, 0.717) is 4.88 Å². The van der Waals surface area contributed by atoms with Gasteiger partial charge in [0.2, 0.25) is 9.84 Å². The lowest BCUT2D eigenvalue weighted by Crippen LogP contribution is -2.03. The van der Waals surface area contributed by atoms with Crippen molar-refractivity contribution in [3.8, 4) is 6.07 Å². The zero-order valence-electron chi connectivity index (χ0n) is 9.58. The van der Waals surface area contributed by atoms with Gasteiger partial charge in [0.1, 0.15) is 11.9 Å². The van der Waals surface area contributed by atoms with Gasteiger partial charge in [-0.1, -0.05) is 6.07 Å². The summed E-state index contributed by atoms with van der Waals surface area (Å²) >= 11 is 1.33. The van der Waals surface area contributed by atoms with E-state index in [1.54, 1.807) is 23.6 Å². The summed E-state index contributed by atoms with van der Waals surface area (Å²) in [6.45, 7) is 0. The molecule has 1 heterocycles. The molecular formula is C13H8FNO2S2. The Labute approximate surface area is 114 Å². The number of allylic oxidation sites excluding steroid dienone is 1. The van der Waals surface area contributed by atoms with Gasteiger partial charge in [0, 0.05) is 4.88 Å². The Hall–Kier alpha value is -1.97. The fraction of sp³-hybridized carbons (Fsp3) is 0. The van der Waals surface area contributed by atoms with Crippen LogP contribution < -0.4 is 0 Å². The van der Waals surface area contributed by atoms with Crippen molar-refractivity contribution in [3.63, 3.8) is 0 Å². The molecule has 1 aromatic carbocycles. The maximum atomic E-state index is 12.8. The van der Waals surface area contributed by atoms with Crippen LogP contribution in [0.15, 0.2) is 51.6 Å². The van der Waals surface area contributed by atoms with Crippen LogP contribution in [0.4, 0.5) is 4.39 Å². The van der Waals surface area contributed by atoms with Crippen molar-refractivity contribution < 1.29 is 12.8 Å². The number of nitriles is 1. The molecule has 2 aromatic rings. The largest absolute Gasteiger partial charge is 0.218 e. The minimum atomic E-state index is -3.90. The standard InChI is InChI=1S/C13H8FNO2S2/c14-10-3-5-12(6-4-10)19(16,17)13(9-15)8-11-2-1-7-18-11/h1-8H. The third-order valence-electron chi connectivity index (χ3n) is 2.34. The summed E-state index contributed by atoms with van der Waals surface area (Å²) in [7, 11) is -3.90. The maximum Gasteiger partial charge on any atom is 0.216 e. The van der Waals surface area contributed by atoms with Crippen molar-refractivity contribution in [2.24, 2.45) is 0 Å². The molecule has 3 nitrogen and oxygen atoms in total. The molecule has 0 unspecified atom stereocenters. The van der Waals surface area contributed by atoms with Gasteiger partial charge in [-0.2, -0.15) is 5.26 Å². The van der Waals surface area contributed by atoms with E-state index in [1.807, 2.05) is 0 Å². The first-order valence-corrected chi connectivity index (χ1v) is 7.56. The number of hydrogen-bond acceptors (Lipinski definition) is 4. The lowest BCUT2D eigenvalue weighted by Gasteiger charge is -2.02. The average molecular weight is 293 g/mol. The van der Waals surface area contributed by atoms with E-state index >= 15 is 0 Å². The molecule has 0 aliphatic rings. The second-order valence-corrected chi connectivity index (χ2v) is 6.49. The smallest absolute Gasteiger partial charge is 0.216 e. The minimum absolute atomic E-state index is 0.0988. The number of sulfone groups is 1. The van der Waals surface area contributed by atoms with Crippen LogP contribution in [0, 0.1) is 17.1 Å². The molecule has 0 bridgehead atoms. The van der Waals surface area contributed by atoms with Crippen LogP contribution in [0.2, 0.25) is 0 Å². The summed E-state index contributed by atoms with van der Waals surface area (Å²) in [5.74, 6) is -0.528. The fourth-order valence-corrected chi connectivity index (χ4v) is 3.30. The number of hydrogen-bond donors (Lipinski definition) is 0. The molecule has 19 heavy (non-hydrogen) atoms. The summed E-state index contributed by atoms with van der Waals surface area (Å²) in [6, 6.07) is 9.53. The highest BCUT2D eigenvalue weighted by atomic mass is 32.2. The molecule has 0 fully saturated rings. The lowest BCUT2D eigenvalue weighted by molar-refractivity contribution is 0.601. The highest BCUT2D eigenvalue weighted by Gasteiger charge is 2.20. The monoisotopic (exact) mass is 293 g/mol. The second-order valence-electron chi connectivity index (χ2n) is 3.59. The maximum absolute atomic E-state index is 12.8. The predicted molar refractivity (Wildman–Crippen MR) is 71.5 cm³/mol. The molecule has 0 radical (unpaired) electrons. The summed E-state index contributed by atoms with van der Waals surface area (Å²) < 4.78 is 37.2. The zero-order valence-corrected chi connectivity index (χ0v) is 11.2. The summed E-state index contributed by atoms with van der Waals surface area (Å²) in [5.41, 5.74) is 0. The summed E-state index contributed by atoms with van der Waals surface area (Å²) in [6.07, 6.45) is 1.31. The van der Waals surface area contributed by atoms with Gasteiger partial charge in [0.25, 0.3) is 0 Å². The van der Waals surface area contributed by atoms with Crippen LogP contribution in [0.5, 0.6) is 0 Å². The molecule has 0 atom stereocenters. The van der Waals surface area contributed by atoms with Crippen LogP contribution >= 0.6 is 11.3 Å². The molecule has 0 N–H and O–H groups in total. The molecule has 0 amide bonds. The molecule has 0 saturated carbocycles. The van der Waals surface area contributed by atoms with E-state index in [0.717, 1.165) is 24.3 Å². The third kappa shape index (κ3) is 2.89. The van der Waals surface area contributed by atoms with Gasteiger partial charge >= 0.3 is 0 Å². The lowest BCUT2D eigenvalue weighted by atomic mass is 10.3. The fourth-order valence-electron chi connectivity index (χ4n) is 1.41. The van der Waals surface area contributed by atoms with Crippen LogP contribution in [-0.2, 0) is 9.84 Å². The topological polar surface area (TPSA) is 57.9 Å². The van der Waals surface area contributed by atoms with E-state index in [9.17, 15) is 12.8 Å². The number of benzene rings is 1. The molecule has 6 heteroatoms. The van der Waals surface area contributed by atoms with Crippen molar-refractivity contribution in [3.05, 3.63) is 57.4 Å². The van der Waals surface area contributed by atoms with Crippen LogP contribution in [0.25, 0.3) is 6.08 Å². The number of halogens is 1. The van der Waals surface area contributed by atoms with Crippen molar-refractivity contribution in [1.29, 1.82) is 5.26 Å². The van der Waals surface area contributed by atoms with Crippen molar-refractivity contribution in [1.82, 2.24) is 0 Å². The van der Waals surface area contributed by atoms with Crippen molar-refractivity contribution >= 4 is 27.3 Å². The second kappa shape index (κ2) is 5.34. The Morgan fingerprint density at radius 1 is 1.26 bits per heavy atom. The van der Waals surface area contributed by atoms with Gasteiger partial charge < -0.3 is 0 Å². The molecule has 96 valence electrons. The molecule has 1 aromatic heterocycles. The Kier molecular flexibility index (Phi) is 3.79. The number of rotatable bonds is 3. The Balaban J connectivity index is 2.49. The molecular weight excluding hydrogens is 285 g/mol. The average Bonchev–Trinajstić information content (AvgIpc) is 2.89. The minimum Gasteiger partial charge on any atom is -0.218 e. The van der Waals surface area contributed by atoms with Gasteiger partial charge in [-0.05, 0) is 41.8 Å². The number of nitrogens with zero attached hydrogens (tertiary/aromatic N) is 1. The van der Waals surface area contributed by atoms with Gasteiger partial charge in [-0.15, -0.1) is 11.3 Å². The van der Waals surface area contributed by atoms with E-state index in [4.69, 9.17) is 5.26 Å². The van der Waals surface area contributed by atoms with Gasteiger partial charge in [-0.3, -0.25) is 0 Å². The highest BCUT2D eigenvalue weighted by molar-refractivity contribution is 7.95. The Morgan fingerprint density at radius 2 is 1.95 bits per heavy atom. The predicted octanol–water partition coefficient (Wildman–Crippen LogP) is 3.23. The third-order valence-corrected chi connectivity index (χ3v) is 4.84. The normalized spacial score (nSPS) is 12.1. The van der Waals surface area contributed by atoms with Gasteiger partial charge in [-0.25, -0.2) is 12.8 Å². The molecule has 2 rings (SSSR count). The Morgan fingerprint density at radius 3 is 2.47 bits per heavy atom. The first-order valence-electron chi connectivity index (χ1n) is 5.20. The Bertz CT molecular complexity index is 739. The number of thiophene rings is 1. The molecule has 0 spiro atoms. The van der Waals surface area contributed by atoms with E-state index < -0.39 is 15.7 Å². The first kappa shape index (κ1) is 13.5. The van der Waals surface area contributed by atoms with Gasteiger partial charge in [0.15, 0.2) is 4.91 Å². The van der Waals surface area contributed by atoms with Crippen LogP contribution in [-0.4, -0.2) is 8.42 Å². The van der Waals surface area contributed by atoms with E-state index in [-0.39, 0.29) is 9.80 Å². The molecule has 0 aliphatic heterocycles. The zero-order chi connectivity index (χ0) is 13.9.